The van der Waals surface area contributed by atoms with Gasteiger partial charge in [0, 0.05) is 22.3 Å². The molecule has 112 heavy (non-hydrogen) atoms. The highest BCUT2D eigenvalue weighted by atomic mass is 79.9. The number of fused-ring (bicyclic) bond motifs is 4. The van der Waals surface area contributed by atoms with Gasteiger partial charge in [0.1, 0.15) is 0 Å². The first-order chi connectivity index (χ1) is 51.3. The van der Waals surface area contributed by atoms with Crippen LogP contribution in [0.2, 0.25) is 0 Å². The molecular weight excluding hydrogens is 1760 g/mol. The van der Waals surface area contributed by atoms with Crippen LogP contribution in [0.15, 0.2) is 214 Å². The Hall–Kier alpha value is -5.64. The van der Waals surface area contributed by atoms with E-state index in [1.165, 1.54) is 17.2 Å². The smallest absolute Gasteiger partial charge is 0.266 e. The van der Waals surface area contributed by atoms with Gasteiger partial charge in [-0.3, -0.25) is 0 Å². The average Bonchev–Trinajstić information content (AvgIpc) is 1.59. The molecule has 0 fully saturated rings. The second kappa shape index (κ2) is 39.5. The molecule has 20 nitrogen and oxygen atoms in total. The topological polar surface area (TPSA) is 230 Å². The Morgan fingerprint density at radius 1 is 0.241 bits per heavy atom. The van der Waals surface area contributed by atoms with Crippen LogP contribution in [0.4, 0.5) is 22.7 Å². The summed E-state index contributed by atoms with van der Waals surface area (Å²) in [5.74, 6) is 0. The number of nitrogens with zero attached hydrogens (tertiary/aromatic N) is 8. The molecule has 4 N–H and O–H groups in total. The van der Waals surface area contributed by atoms with Crippen LogP contribution in [-0.4, -0.2) is 175 Å². The zero-order valence-corrected chi connectivity index (χ0v) is 77.0. The Labute approximate surface area is 710 Å². The first-order valence-electron chi connectivity index (χ1n) is 38.2. The number of rotatable bonds is 24. The zero-order valence-electron chi connectivity index (χ0n) is 67.4. The molecule has 4 aliphatic heterocycles. The summed E-state index contributed by atoms with van der Waals surface area (Å²) in [6, 6.07) is 55.8. The molecule has 0 saturated carbocycles. The van der Waals surface area contributed by atoms with E-state index in [1.54, 1.807) is 121 Å². The monoisotopic (exact) mass is 1870 g/mol. The predicted octanol–water partition coefficient (Wildman–Crippen LogP) is 1.78. The van der Waals surface area contributed by atoms with E-state index in [2.05, 4.69) is 83.1 Å². The van der Waals surface area contributed by atoms with Crippen molar-refractivity contribution in [3.63, 3.8) is 0 Å². The van der Waals surface area contributed by atoms with Crippen LogP contribution in [0.3, 0.4) is 0 Å². The van der Waals surface area contributed by atoms with Crippen molar-refractivity contribution in [3.8, 4) is 0 Å². The van der Waals surface area contributed by atoms with Crippen LogP contribution in [0.5, 0.6) is 0 Å². The van der Waals surface area contributed by atoms with Crippen LogP contribution in [0.25, 0.3) is 0 Å². The van der Waals surface area contributed by atoms with Crippen LogP contribution < -0.4 is 85.1 Å². The van der Waals surface area contributed by atoms with Crippen molar-refractivity contribution in [1.82, 2.24) is 0 Å². The molecule has 0 aliphatic carbocycles. The van der Waals surface area contributed by atoms with Gasteiger partial charge in [0.15, 0.2) is 49.1 Å². The number of aliphatic hydroxyl groups is 4. The summed E-state index contributed by atoms with van der Waals surface area (Å²) in [5.41, 5.74) is 9.86. The van der Waals surface area contributed by atoms with Crippen LogP contribution in [0, 0.1) is 27.7 Å². The number of halogens is 4. The summed E-state index contributed by atoms with van der Waals surface area (Å²) in [6.07, 6.45) is -4.52. The lowest BCUT2D eigenvalue weighted by molar-refractivity contribution is -0.955. The van der Waals surface area contributed by atoms with E-state index in [1.807, 2.05) is 100 Å². The lowest BCUT2D eigenvalue weighted by atomic mass is 10.0. The lowest BCUT2D eigenvalue weighted by Crippen LogP contribution is -3.00. The maximum atomic E-state index is 13.4. The number of aliphatic hydroxyl groups excluding tert-OH is 4. The molecule has 8 aromatic carbocycles. The fourth-order valence-electron chi connectivity index (χ4n) is 17.2. The molecule has 0 amide bonds. The van der Waals surface area contributed by atoms with Crippen molar-refractivity contribution in [1.29, 1.82) is 0 Å². The number of aryl methyl sites for hydroxylation is 4. The fourth-order valence-corrected chi connectivity index (χ4v) is 23.3. The molecule has 616 valence electrons. The molecule has 0 radical (unpaired) electrons. The Morgan fingerprint density at radius 3 is 0.509 bits per heavy atom. The highest BCUT2D eigenvalue weighted by molar-refractivity contribution is 7.93. The number of hydrogen-bond acceptors (Lipinski definition) is 12. The minimum absolute atomic E-state index is 0. The van der Waals surface area contributed by atoms with E-state index in [4.69, 9.17) is 0 Å². The molecule has 0 unspecified atom stereocenters. The molecule has 28 heteroatoms. The minimum atomic E-state index is -3.86. The maximum Gasteiger partial charge on any atom is 0.266 e. The molecule has 8 atom stereocenters. The average molecular weight is 1880 g/mol. The molecule has 4 aliphatic rings. The summed E-state index contributed by atoms with van der Waals surface area (Å²) in [5, 5.41) is 45.1. The molecule has 0 spiro atoms. The van der Waals surface area contributed by atoms with Crippen molar-refractivity contribution >= 4 is 62.8 Å². The SMILES string of the molecule is CC[N+](CC)(CC)[C@@H]1c2ccccc2N(S(=O)(=O)c2ccc(C)cc2)[C@H]1O.CC[N+](CC)(CC)[C@@H]1c2ccccc2N(S(=O)(=O)c2ccc(C)cc2)[C@H]1O.CC[N+](CC)(CC)[C@H]1c2ccccc2N(S(=O)(=O)c2ccc(C)cc2)[C@@H]1O.CC[N+](CC)(CC)[C@H]1c2ccccc2N(S(=O)(=O)c2ccc(C)cc2)[C@@H]1O.[Br-].[Br-].[Br-].[Br-]. The Bertz CT molecular complexity index is 4220. The maximum absolute atomic E-state index is 13.4. The molecule has 12 rings (SSSR count). The molecule has 0 aromatic heterocycles. The van der Waals surface area contributed by atoms with Gasteiger partial charge in [0.2, 0.25) is 0 Å². The molecule has 8 aromatic rings. The number of benzene rings is 8. The predicted molar refractivity (Wildman–Crippen MR) is 432 cm³/mol. The lowest BCUT2D eigenvalue weighted by Gasteiger charge is -2.43. The Balaban J connectivity index is 0.000000264. The van der Waals surface area contributed by atoms with Crippen LogP contribution in [0.1, 0.15) is 152 Å². The van der Waals surface area contributed by atoms with Gasteiger partial charge < -0.3 is 106 Å². The number of anilines is 4. The zero-order chi connectivity index (χ0) is 79.3. The summed E-state index contributed by atoms with van der Waals surface area (Å²) < 4.78 is 115. The summed E-state index contributed by atoms with van der Waals surface area (Å²) in [7, 11) is -15.5. The molecule has 0 saturated heterocycles. The third kappa shape index (κ3) is 17.8. The first kappa shape index (κ1) is 96.9. The number of likely N-dealkylation sites (N-methyl/N-ethyl adjacent to an activating group) is 4. The van der Waals surface area contributed by atoms with E-state index in [9.17, 15) is 54.1 Å². The van der Waals surface area contributed by atoms with Crippen molar-refractivity contribution in [3.05, 3.63) is 239 Å². The quantitative estimate of drug-likeness (QED) is 0.0635. The fraction of sp³-hybridized carbons (Fsp3) is 0.429. The van der Waals surface area contributed by atoms with Gasteiger partial charge in [-0.25, -0.2) is 50.9 Å². The number of para-hydroxylation sites is 4. The van der Waals surface area contributed by atoms with E-state index >= 15 is 0 Å². The van der Waals surface area contributed by atoms with Gasteiger partial charge in [-0.15, -0.1) is 0 Å². The Morgan fingerprint density at radius 2 is 0.375 bits per heavy atom. The summed E-state index contributed by atoms with van der Waals surface area (Å²) in [6.45, 7) is 42.7. The summed E-state index contributed by atoms with van der Waals surface area (Å²) in [4.78, 5) is 0.797. The third-order valence-corrected chi connectivity index (χ3v) is 31.5. The van der Waals surface area contributed by atoms with Gasteiger partial charge in [-0.05, 0) is 184 Å². The minimum Gasteiger partial charge on any atom is -1.00 e. The van der Waals surface area contributed by atoms with Crippen molar-refractivity contribution < 1.29 is 140 Å². The second-order valence-electron chi connectivity index (χ2n) is 28.8. The van der Waals surface area contributed by atoms with Crippen molar-refractivity contribution in [2.24, 2.45) is 0 Å². The highest BCUT2D eigenvalue weighted by Crippen LogP contribution is 2.52. The number of hydrogen-bond donors (Lipinski definition) is 4. The van der Waals surface area contributed by atoms with Crippen molar-refractivity contribution in [2.45, 2.75) is 179 Å². The highest BCUT2D eigenvalue weighted by Gasteiger charge is 2.57. The molecule has 0 bridgehead atoms. The largest absolute Gasteiger partial charge is 1.00 e. The van der Waals surface area contributed by atoms with Gasteiger partial charge in [-0.2, -0.15) is 0 Å². The summed E-state index contributed by atoms with van der Waals surface area (Å²) >= 11 is 0. The molecule has 4 heterocycles. The normalized spacial score (nSPS) is 19.2. The van der Waals surface area contributed by atoms with Crippen LogP contribution >= 0.6 is 0 Å². The van der Waals surface area contributed by atoms with E-state index in [0.717, 1.165) is 123 Å². The van der Waals surface area contributed by atoms with Gasteiger partial charge in [0.05, 0.1) is 121 Å². The number of quaternary nitrogens is 4. The van der Waals surface area contributed by atoms with Gasteiger partial charge in [0.25, 0.3) is 40.1 Å². The van der Waals surface area contributed by atoms with Crippen LogP contribution in [-0.2, 0) is 40.1 Å². The van der Waals surface area contributed by atoms with E-state index < -0.39 is 65.0 Å². The Kier molecular flexibility index (Phi) is 34.2. The van der Waals surface area contributed by atoms with Gasteiger partial charge in [-0.1, -0.05) is 144 Å². The van der Waals surface area contributed by atoms with Crippen molar-refractivity contribution in [2.75, 3.05) is 95.8 Å². The number of sulfonamides is 4. The van der Waals surface area contributed by atoms with E-state index in [0.29, 0.717) is 40.7 Å². The standard InChI is InChI=1S/4C21H29N2O3S.4BrH/c4*1-5-23(6-2,7-3)20-18-10-8-9-11-19(18)22(21(20)24)27(25,26)17-14-12-16(4)13-15-17;;;;/h4*8-15,20-21,24H,5-7H2,1-4H3;4*1H/q4*+1;;;;/p-4/t4*20-,21+;;;;/m1100..../s1. The second-order valence-corrected chi connectivity index (χ2v) is 36.1. The molecular formula is C84H116Br4N8O12S4. The van der Waals surface area contributed by atoms with Gasteiger partial charge >= 0.3 is 0 Å². The first-order valence-corrected chi connectivity index (χ1v) is 44.0. The third-order valence-electron chi connectivity index (χ3n) is 24.3. The van der Waals surface area contributed by atoms with E-state index in [-0.39, 0.29) is 112 Å².